The number of methoxy groups -OCH3 is 1. The third kappa shape index (κ3) is 4.91. The lowest BCUT2D eigenvalue weighted by Crippen LogP contribution is -2.34. The van der Waals surface area contributed by atoms with Gasteiger partial charge in [0.25, 0.3) is 11.6 Å². The number of aromatic nitrogens is 3. The molecule has 1 heterocycles. The van der Waals surface area contributed by atoms with E-state index in [0.29, 0.717) is 36.6 Å². The lowest BCUT2D eigenvalue weighted by Gasteiger charge is -2.22. The van der Waals surface area contributed by atoms with Gasteiger partial charge in [0, 0.05) is 32.3 Å². The molecule has 1 amide bonds. The summed E-state index contributed by atoms with van der Waals surface area (Å²) in [6, 6.07) is 15.0. The molecule has 10 heteroatoms. The zero-order chi connectivity index (χ0) is 22.4. The average molecular weight is 420 g/mol. The quantitative estimate of drug-likeness (QED) is 0.405. The average Bonchev–Trinajstić information content (AvgIpc) is 3.17. The molecule has 0 aliphatic heterocycles. The Morgan fingerprint density at radius 1 is 1.29 bits per heavy atom. The van der Waals surface area contributed by atoms with E-state index in [1.807, 2.05) is 0 Å². The van der Waals surface area contributed by atoms with E-state index in [2.05, 4.69) is 16.4 Å². The Balaban J connectivity index is 1.88. The summed E-state index contributed by atoms with van der Waals surface area (Å²) < 4.78 is 6.53. The molecule has 0 spiro atoms. The number of hydrogen-bond donors (Lipinski definition) is 0. The van der Waals surface area contributed by atoms with Crippen LogP contribution in [0.3, 0.4) is 0 Å². The molecule has 3 aromatic rings. The molecule has 0 aliphatic carbocycles. The van der Waals surface area contributed by atoms with E-state index in [1.165, 1.54) is 16.8 Å². The van der Waals surface area contributed by atoms with Crippen molar-refractivity contribution < 1.29 is 14.5 Å². The van der Waals surface area contributed by atoms with Crippen molar-refractivity contribution in [1.29, 1.82) is 5.26 Å². The van der Waals surface area contributed by atoms with Crippen LogP contribution in [-0.2, 0) is 11.3 Å². The highest BCUT2D eigenvalue weighted by Crippen LogP contribution is 2.19. The summed E-state index contributed by atoms with van der Waals surface area (Å²) in [5, 5.41) is 28.1. The number of benzene rings is 2. The summed E-state index contributed by atoms with van der Waals surface area (Å²) in [4.78, 5) is 25.4. The third-order valence-electron chi connectivity index (χ3n) is 4.69. The Morgan fingerprint density at radius 3 is 2.68 bits per heavy atom. The molecule has 0 saturated carbocycles. The Morgan fingerprint density at radius 2 is 2.03 bits per heavy atom. The molecular formula is C21H20N6O4. The summed E-state index contributed by atoms with van der Waals surface area (Å²) in [5.74, 6) is -0.337. The van der Waals surface area contributed by atoms with E-state index >= 15 is 0 Å². The number of carbonyl (C=O) groups is 1. The number of non-ortho nitro benzene ring substituents is 1. The van der Waals surface area contributed by atoms with E-state index in [1.54, 1.807) is 55.3 Å². The molecule has 0 radical (unpaired) electrons. The van der Waals surface area contributed by atoms with Crippen molar-refractivity contribution in [2.24, 2.45) is 0 Å². The van der Waals surface area contributed by atoms with Crippen molar-refractivity contribution in [3.63, 3.8) is 0 Å². The number of amides is 1. The van der Waals surface area contributed by atoms with E-state index in [-0.39, 0.29) is 17.3 Å². The fraction of sp³-hybridized carbons (Fsp3) is 0.238. The molecule has 0 aliphatic rings. The van der Waals surface area contributed by atoms with Crippen molar-refractivity contribution in [2.75, 3.05) is 20.3 Å². The molecule has 0 bridgehead atoms. The van der Waals surface area contributed by atoms with Crippen LogP contribution < -0.4 is 0 Å². The summed E-state index contributed by atoms with van der Waals surface area (Å²) >= 11 is 0. The van der Waals surface area contributed by atoms with Crippen LogP contribution in [0.25, 0.3) is 5.69 Å². The number of carbonyl (C=O) groups excluding carboxylic acids is 1. The highest BCUT2D eigenvalue weighted by molar-refractivity contribution is 5.93. The molecular weight excluding hydrogens is 400 g/mol. The SMILES string of the molecule is COCCN(Cc1ccc(C#N)cc1)C(=O)c1nnn(-c2cccc([N+](=O)[O-])c2)c1C. The number of hydrogen-bond acceptors (Lipinski definition) is 7. The van der Waals surface area contributed by atoms with E-state index in [4.69, 9.17) is 10.00 Å². The first-order chi connectivity index (χ1) is 14.9. The predicted molar refractivity (Wildman–Crippen MR) is 111 cm³/mol. The molecule has 158 valence electrons. The van der Waals surface area contributed by atoms with E-state index in [9.17, 15) is 14.9 Å². The number of nitro benzene ring substituents is 1. The van der Waals surface area contributed by atoms with Crippen molar-refractivity contribution in [2.45, 2.75) is 13.5 Å². The van der Waals surface area contributed by atoms with Gasteiger partial charge in [0.15, 0.2) is 5.69 Å². The Kier molecular flexibility index (Phi) is 6.69. The van der Waals surface area contributed by atoms with E-state index < -0.39 is 4.92 Å². The van der Waals surface area contributed by atoms with Gasteiger partial charge in [-0.3, -0.25) is 14.9 Å². The molecule has 31 heavy (non-hydrogen) atoms. The number of nitriles is 1. The Labute approximate surface area is 178 Å². The van der Waals surface area contributed by atoms with E-state index in [0.717, 1.165) is 5.56 Å². The normalized spacial score (nSPS) is 10.5. The second-order valence-electron chi connectivity index (χ2n) is 6.74. The van der Waals surface area contributed by atoms with Crippen molar-refractivity contribution in [3.05, 3.63) is 81.2 Å². The minimum absolute atomic E-state index is 0.0807. The van der Waals surface area contributed by atoms with Crippen LogP contribution in [0.4, 0.5) is 5.69 Å². The molecule has 3 rings (SSSR count). The molecule has 0 unspecified atom stereocenters. The largest absolute Gasteiger partial charge is 0.383 e. The van der Waals surface area contributed by atoms with Gasteiger partial charge in [0.2, 0.25) is 0 Å². The van der Waals surface area contributed by atoms with Crippen LogP contribution in [-0.4, -0.2) is 51.0 Å². The molecule has 10 nitrogen and oxygen atoms in total. The van der Waals surface area contributed by atoms with Crippen LogP contribution >= 0.6 is 0 Å². The first kappa shape index (κ1) is 21.6. The standard InChI is InChI=1S/C21H20N6O4/c1-15-20(23-24-26(15)18-4-3-5-19(12-18)27(29)30)21(28)25(10-11-31-2)14-17-8-6-16(13-22)7-9-17/h3-9,12H,10-11,14H2,1-2H3. The molecule has 0 saturated heterocycles. The zero-order valence-corrected chi connectivity index (χ0v) is 17.1. The summed E-state index contributed by atoms with van der Waals surface area (Å²) in [5.41, 5.74) is 2.36. The lowest BCUT2D eigenvalue weighted by molar-refractivity contribution is -0.384. The maximum atomic E-state index is 13.2. The second-order valence-corrected chi connectivity index (χ2v) is 6.74. The van der Waals surface area contributed by atoms with Gasteiger partial charge < -0.3 is 9.64 Å². The number of rotatable bonds is 8. The van der Waals surface area contributed by atoms with Gasteiger partial charge in [-0.05, 0) is 30.7 Å². The van der Waals surface area contributed by atoms with Crippen molar-refractivity contribution in [1.82, 2.24) is 19.9 Å². The number of nitrogens with zero attached hydrogens (tertiary/aromatic N) is 6. The summed E-state index contributed by atoms with van der Waals surface area (Å²) in [6.07, 6.45) is 0. The monoisotopic (exact) mass is 420 g/mol. The van der Waals surface area contributed by atoms with Gasteiger partial charge in [-0.25, -0.2) is 4.68 Å². The maximum Gasteiger partial charge on any atom is 0.276 e. The molecule has 0 fully saturated rings. The molecule has 1 aromatic heterocycles. The fourth-order valence-corrected chi connectivity index (χ4v) is 3.02. The third-order valence-corrected chi connectivity index (χ3v) is 4.69. The van der Waals surface area contributed by atoms with Gasteiger partial charge in [-0.1, -0.05) is 23.4 Å². The van der Waals surface area contributed by atoms with Gasteiger partial charge in [-0.2, -0.15) is 5.26 Å². The number of nitro groups is 1. The smallest absolute Gasteiger partial charge is 0.276 e. The number of ether oxygens (including phenoxy) is 1. The van der Waals surface area contributed by atoms with Crippen LogP contribution in [0.2, 0.25) is 0 Å². The minimum Gasteiger partial charge on any atom is -0.383 e. The highest BCUT2D eigenvalue weighted by Gasteiger charge is 2.24. The molecule has 2 aromatic carbocycles. The first-order valence-corrected chi connectivity index (χ1v) is 9.39. The van der Waals surface area contributed by atoms with Crippen LogP contribution in [0.5, 0.6) is 0 Å². The molecule has 0 atom stereocenters. The summed E-state index contributed by atoms with van der Waals surface area (Å²) in [6.45, 7) is 2.65. The zero-order valence-electron chi connectivity index (χ0n) is 17.1. The predicted octanol–water partition coefficient (Wildman–Crippen LogP) is 2.64. The van der Waals surface area contributed by atoms with Crippen molar-refractivity contribution in [3.8, 4) is 11.8 Å². The van der Waals surface area contributed by atoms with Gasteiger partial charge in [0.05, 0.1) is 34.5 Å². The van der Waals surface area contributed by atoms with Crippen LogP contribution in [0, 0.1) is 28.4 Å². The van der Waals surface area contributed by atoms with Crippen LogP contribution in [0.15, 0.2) is 48.5 Å². The van der Waals surface area contributed by atoms with Crippen molar-refractivity contribution >= 4 is 11.6 Å². The van der Waals surface area contributed by atoms with Gasteiger partial charge in [-0.15, -0.1) is 5.10 Å². The molecule has 0 N–H and O–H groups in total. The maximum absolute atomic E-state index is 13.2. The topological polar surface area (TPSA) is 127 Å². The van der Waals surface area contributed by atoms with Gasteiger partial charge >= 0.3 is 0 Å². The highest BCUT2D eigenvalue weighted by atomic mass is 16.6. The minimum atomic E-state index is -0.494. The van der Waals surface area contributed by atoms with Crippen LogP contribution in [0.1, 0.15) is 27.3 Å². The Bertz CT molecular complexity index is 1130. The fourth-order valence-electron chi connectivity index (χ4n) is 3.02. The lowest BCUT2D eigenvalue weighted by atomic mass is 10.1. The first-order valence-electron chi connectivity index (χ1n) is 9.39. The van der Waals surface area contributed by atoms with Gasteiger partial charge in [0.1, 0.15) is 0 Å². The Hall–Kier alpha value is -4.10. The second kappa shape index (κ2) is 9.60. The summed E-state index contributed by atoms with van der Waals surface area (Å²) in [7, 11) is 1.55.